The maximum Gasteiger partial charge on any atom is 0.224 e. The van der Waals surface area contributed by atoms with Gasteiger partial charge in [-0.3, -0.25) is 9.78 Å². The van der Waals surface area contributed by atoms with Crippen LogP contribution in [0.3, 0.4) is 0 Å². The summed E-state index contributed by atoms with van der Waals surface area (Å²) in [6.07, 6.45) is 1.87. The van der Waals surface area contributed by atoms with Crippen LogP contribution in [0.2, 0.25) is 0 Å². The average molecular weight is 256 g/mol. The van der Waals surface area contributed by atoms with E-state index in [2.05, 4.69) is 10.3 Å². The summed E-state index contributed by atoms with van der Waals surface area (Å²) in [4.78, 5) is 16.0. The molecule has 2 rings (SSSR count). The monoisotopic (exact) mass is 256 g/mol. The van der Waals surface area contributed by atoms with Crippen molar-refractivity contribution < 1.29 is 9.90 Å². The number of pyridine rings is 1. The number of nitrogens with zero attached hydrogens (tertiary/aromatic N) is 1. The van der Waals surface area contributed by atoms with Crippen LogP contribution in [0.4, 0.5) is 0 Å². The van der Waals surface area contributed by atoms with Gasteiger partial charge in [-0.1, -0.05) is 24.3 Å². The van der Waals surface area contributed by atoms with Crippen molar-refractivity contribution in [3.05, 3.63) is 59.4 Å². The van der Waals surface area contributed by atoms with Gasteiger partial charge in [-0.05, 0) is 24.6 Å². The van der Waals surface area contributed by atoms with Crippen molar-refractivity contribution in [2.24, 2.45) is 0 Å². The molecule has 0 spiro atoms. The molecule has 0 fully saturated rings. The molecular weight excluding hydrogens is 240 g/mol. The number of rotatable bonds is 4. The first-order chi connectivity index (χ1) is 9.16. The van der Waals surface area contributed by atoms with E-state index in [4.69, 9.17) is 0 Å². The van der Waals surface area contributed by atoms with E-state index >= 15 is 0 Å². The van der Waals surface area contributed by atoms with Gasteiger partial charge < -0.3 is 10.4 Å². The molecule has 19 heavy (non-hydrogen) atoms. The number of nitrogens with one attached hydrogen (secondary N) is 1. The molecule has 0 saturated heterocycles. The van der Waals surface area contributed by atoms with E-state index in [9.17, 15) is 9.90 Å². The highest BCUT2D eigenvalue weighted by Crippen LogP contribution is 2.15. The summed E-state index contributed by atoms with van der Waals surface area (Å²) in [5, 5.41) is 12.4. The Hall–Kier alpha value is -2.36. The van der Waals surface area contributed by atoms with Crippen LogP contribution in [-0.2, 0) is 17.8 Å². The molecule has 4 heteroatoms. The molecule has 1 aromatic heterocycles. The summed E-state index contributed by atoms with van der Waals surface area (Å²) in [6.45, 7) is 2.36. The van der Waals surface area contributed by atoms with E-state index in [1.54, 1.807) is 30.5 Å². The summed E-state index contributed by atoms with van der Waals surface area (Å²) < 4.78 is 0. The summed E-state index contributed by atoms with van der Waals surface area (Å²) in [5.74, 6) is 0.0122. The van der Waals surface area contributed by atoms with Gasteiger partial charge in [0.1, 0.15) is 5.75 Å². The van der Waals surface area contributed by atoms with Gasteiger partial charge in [0.05, 0.1) is 18.7 Å². The smallest absolute Gasteiger partial charge is 0.224 e. The number of phenols is 1. The van der Waals surface area contributed by atoms with E-state index in [0.717, 1.165) is 11.3 Å². The Morgan fingerprint density at radius 1 is 1.26 bits per heavy atom. The second-order valence-corrected chi connectivity index (χ2v) is 4.35. The van der Waals surface area contributed by atoms with Crippen LogP contribution in [0.25, 0.3) is 0 Å². The number of phenolic OH excluding ortho intramolecular Hbond substituents is 1. The van der Waals surface area contributed by atoms with Crippen LogP contribution < -0.4 is 5.32 Å². The minimum Gasteiger partial charge on any atom is -0.508 e. The average Bonchev–Trinajstić information content (AvgIpc) is 2.40. The van der Waals surface area contributed by atoms with Gasteiger partial charge >= 0.3 is 0 Å². The zero-order chi connectivity index (χ0) is 13.7. The molecule has 0 aliphatic carbocycles. The van der Waals surface area contributed by atoms with Crippen molar-refractivity contribution in [2.45, 2.75) is 19.9 Å². The second-order valence-electron chi connectivity index (χ2n) is 4.35. The lowest BCUT2D eigenvalue weighted by Gasteiger charge is -2.07. The van der Waals surface area contributed by atoms with Crippen molar-refractivity contribution in [2.75, 3.05) is 0 Å². The zero-order valence-electron chi connectivity index (χ0n) is 10.8. The summed E-state index contributed by atoms with van der Waals surface area (Å²) >= 11 is 0. The third-order valence-corrected chi connectivity index (χ3v) is 2.91. The Bertz CT molecular complexity index is 582. The lowest BCUT2D eigenvalue weighted by Crippen LogP contribution is -2.25. The lowest BCUT2D eigenvalue weighted by atomic mass is 10.1. The number of para-hydroxylation sites is 1. The van der Waals surface area contributed by atoms with Crippen LogP contribution in [0.5, 0.6) is 5.75 Å². The predicted octanol–water partition coefficient (Wildman–Crippen LogP) is 1.95. The molecule has 2 aromatic rings. The summed E-state index contributed by atoms with van der Waals surface area (Å²) in [5.41, 5.74) is 2.52. The maximum atomic E-state index is 11.8. The third-order valence-electron chi connectivity index (χ3n) is 2.91. The number of aromatic hydroxyl groups is 1. The summed E-state index contributed by atoms with van der Waals surface area (Å²) in [6, 6.07) is 10.7. The number of aryl methyl sites for hydroxylation is 1. The Kier molecular flexibility index (Phi) is 4.13. The van der Waals surface area contributed by atoms with Crippen LogP contribution in [0.15, 0.2) is 42.6 Å². The molecule has 4 nitrogen and oxygen atoms in total. The highest BCUT2D eigenvalue weighted by atomic mass is 16.3. The molecule has 0 radical (unpaired) electrons. The van der Waals surface area contributed by atoms with Crippen molar-refractivity contribution in [3.63, 3.8) is 0 Å². The highest BCUT2D eigenvalue weighted by molar-refractivity contribution is 5.79. The SMILES string of the molecule is Cc1cccnc1CNC(=O)Cc1ccccc1O. The predicted molar refractivity (Wildman–Crippen MR) is 72.6 cm³/mol. The highest BCUT2D eigenvalue weighted by Gasteiger charge is 2.07. The quantitative estimate of drug-likeness (QED) is 0.879. The molecule has 2 N–H and O–H groups in total. The molecule has 0 aliphatic rings. The van der Waals surface area contributed by atoms with E-state index in [1.807, 2.05) is 19.1 Å². The fourth-order valence-electron chi connectivity index (χ4n) is 1.78. The first-order valence-electron chi connectivity index (χ1n) is 6.11. The molecule has 98 valence electrons. The maximum absolute atomic E-state index is 11.8. The minimum absolute atomic E-state index is 0.133. The normalized spacial score (nSPS) is 10.2. The van der Waals surface area contributed by atoms with Crippen molar-refractivity contribution in [3.8, 4) is 5.75 Å². The Labute approximate surface area is 112 Å². The van der Waals surface area contributed by atoms with Gasteiger partial charge in [0.2, 0.25) is 5.91 Å². The Morgan fingerprint density at radius 2 is 2.05 bits per heavy atom. The van der Waals surface area contributed by atoms with Crippen molar-refractivity contribution in [1.29, 1.82) is 0 Å². The Balaban J connectivity index is 1.92. The number of amides is 1. The van der Waals surface area contributed by atoms with Gasteiger partial charge in [-0.15, -0.1) is 0 Å². The molecule has 0 unspecified atom stereocenters. The number of benzene rings is 1. The number of hydrogen-bond donors (Lipinski definition) is 2. The van der Waals surface area contributed by atoms with Gasteiger partial charge in [0, 0.05) is 11.8 Å². The topological polar surface area (TPSA) is 62.2 Å². The molecule has 1 aromatic carbocycles. The first kappa shape index (κ1) is 13.1. The second kappa shape index (κ2) is 6.00. The standard InChI is InChI=1S/C15H16N2O2/c1-11-5-4-8-16-13(11)10-17-15(19)9-12-6-2-3-7-14(12)18/h2-8,18H,9-10H2,1H3,(H,17,19). The molecule has 1 amide bonds. The summed E-state index contributed by atoms with van der Waals surface area (Å²) in [7, 11) is 0. The fraction of sp³-hybridized carbons (Fsp3) is 0.200. The van der Waals surface area contributed by atoms with Crippen LogP contribution in [0, 0.1) is 6.92 Å². The number of hydrogen-bond acceptors (Lipinski definition) is 3. The van der Waals surface area contributed by atoms with Gasteiger partial charge in [0.15, 0.2) is 0 Å². The van der Waals surface area contributed by atoms with Crippen LogP contribution in [-0.4, -0.2) is 16.0 Å². The van der Waals surface area contributed by atoms with Gasteiger partial charge in [0.25, 0.3) is 0 Å². The van der Waals surface area contributed by atoms with E-state index in [-0.39, 0.29) is 18.1 Å². The molecule has 0 bridgehead atoms. The van der Waals surface area contributed by atoms with E-state index in [0.29, 0.717) is 12.1 Å². The van der Waals surface area contributed by atoms with Gasteiger partial charge in [-0.2, -0.15) is 0 Å². The molecular formula is C15H16N2O2. The zero-order valence-corrected chi connectivity index (χ0v) is 10.8. The lowest BCUT2D eigenvalue weighted by molar-refractivity contribution is -0.120. The van der Waals surface area contributed by atoms with Crippen molar-refractivity contribution in [1.82, 2.24) is 10.3 Å². The minimum atomic E-state index is -0.133. The molecule has 0 aliphatic heterocycles. The largest absolute Gasteiger partial charge is 0.508 e. The van der Waals surface area contributed by atoms with Gasteiger partial charge in [-0.25, -0.2) is 0 Å². The Morgan fingerprint density at radius 3 is 2.79 bits per heavy atom. The molecule has 0 saturated carbocycles. The first-order valence-corrected chi connectivity index (χ1v) is 6.11. The number of carbonyl (C=O) groups excluding carboxylic acids is 1. The van der Waals surface area contributed by atoms with Crippen molar-refractivity contribution >= 4 is 5.91 Å². The molecule has 0 atom stereocenters. The molecule has 1 heterocycles. The van der Waals surface area contributed by atoms with E-state index in [1.165, 1.54) is 0 Å². The number of carbonyl (C=O) groups is 1. The third kappa shape index (κ3) is 3.55. The van der Waals surface area contributed by atoms with Crippen LogP contribution in [0.1, 0.15) is 16.8 Å². The van der Waals surface area contributed by atoms with Crippen LogP contribution >= 0.6 is 0 Å². The van der Waals surface area contributed by atoms with E-state index < -0.39 is 0 Å². The fourth-order valence-corrected chi connectivity index (χ4v) is 1.78. The number of aromatic nitrogens is 1.